The fourth-order valence-corrected chi connectivity index (χ4v) is 12.2. The van der Waals surface area contributed by atoms with Crippen LogP contribution in [0, 0.1) is 53.3 Å². The van der Waals surface area contributed by atoms with Gasteiger partial charge in [0.05, 0.1) is 5.57 Å². The molecule has 11 aliphatic rings. The third kappa shape index (κ3) is 2.46. The topological polar surface area (TPSA) is 158 Å². The van der Waals surface area contributed by atoms with Gasteiger partial charge in [-0.2, -0.15) is 0 Å². The summed E-state index contributed by atoms with van der Waals surface area (Å²) < 4.78 is 6.75. The van der Waals surface area contributed by atoms with Crippen LogP contribution in [0.5, 0.6) is 11.5 Å². The number of aliphatic hydroxyl groups is 1. The van der Waals surface area contributed by atoms with Gasteiger partial charge in [0.15, 0.2) is 5.78 Å². The maximum atomic E-state index is 14.7. The Labute approximate surface area is 270 Å². The summed E-state index contributed by atoms with van der Waals surface area (Å²) >= 11 is 0. The molecule has 1 saturated carbocycles. The second-order valence-electron chi connectivity index (χ2n) is 14.9. The molecule has 0 amide bonds. The second-order valence-corrected chi connectivity index (χ2v) is 14.9. The van der Waals surface area contributed by atoms with Gasteiger partial charge in [-0.05, 0) is 93.0 Å². The zero-order valence-corrected chi connectivity index (χ0v) is 24.9. The highest BCUT2D eigenvalue weighted by atomic mass is 16.5. The zero-order chi connectivity index (χ0) is 32.4. The molecule has 1 aromatic rings. The van der Waals surface area contributed by atoms with Gasteiger partial charge in [0.25, 0.3) is 0 Å². The molecule has 9 heteroatoms. The first kappa shape index (κ1) is 25.6. The number of carbonyl (C=O) groups excluding carboxylic acids is 2. The molecular weight excluding hydrogens is 612 g/mol. The van der Waals surface area contributed by atoms with Gasteiger partial charge in [-0.25, -0.2) is 9.59 Å². The Morgan fingerprint density at radius 3 is 2.44 bits per heavy atom. The van der Waals surface area contributed by atoms with E-state index in [9.17, 15) is 39.6 Å². The number of benzene rings is 1. The quantitative estimate of drug-likeness (QED) is 0.358. The zero-order valence-electron chi connectivity index (χ0n) is 24.9. The molecule has 0 radical (unpaired) electrons. The van der Waals surface area contributed by atoms with Gasteiger partial charge in [0.1, 0.15) is 35.1 Å². The van der Waals surface area contributed by atoms with E-state index in [1.54, 1.807) is 36.4 Å². The summed E-state index contributed by atoms with van der Waals surface area (Å²) in [6.07, 6.45) is 9.85. The van der Waals surface area contributed by atoms with Crippen LogP contribution in [-0.2, 0) is 19.2 Å². The minimum absolute atomic E-state index is 0.00363. The van der Waals surface area contributed by atoms with Crippen LogP contribution in [0.2, 0.25) is 0 Å². The van der Waals surface area contributed by atoms with Crippen molar-refractivity contribution in [1.29, 1.82) is 0 Å². The van der Waals surface area contributed by atoms with E-state index >= 15 is 0 Å². The van der Waals surface area contributed by atoms with Crippen molar-refractivity contribution in [1.82, 2.24) is 0 Å². The van der Waals surface area contributed by atoms with Crippen LogP contribution >= 0.6 is 0 Å². The molecular formula is C39H24O9. The molecule has 10 aliphatic carbocycles. The molecule has 10 atom stereocenters. The van der Waals surface area contributed by atoms with Crippen molar-refractivity contribution in [2.75, 3.05) is 0 Å². The number of carboxylic acids is 2. The van der Waals surface area contributed by atoms with Gasteiger partial charge in [-0.3, -0.25) is 9.59 Å². The normalized spacial score (nSPS) is 38.8. The van der Waals surface area contributed by atoms with Crippen molar-refractivity contribution in [2.45, 2.75) is 12.5 Å². The molecule has 0 aromatic heterocycles. The van der Waals surface area contributed by atoms with Crippen LogP contribution in [0.1, 0.15) is 6.42 Å². The Morgan fingerprint density at radius 2 is 1.65 bits per heavy atom. The molecule has 0 saturated heterocycles. The van der Waals surface area contributed by atoms with Crippen LogP contribution in [-0.4, -0.2) is 50.0 Å². The van der Waals surface area contributed by atoms with Gasteiger partial charge in [-0.1, -0.05) is 18.2 Å². The van der Waals surface area contributed by atoms with Crippen molar-refractivity contribution in [2.24, 2.45) is 53.3 Å². The van der Waals surface area contributed by atoms with E-state index in [0.29, 0.717) is 32.9 Å². The van der Waals surface area contributed by atoms with Crippen molar-refractivity contribution < 1.29 is 44.3 Å². The molecule has 1 fully saturated rings. The standard InChI is InChI=1S/C39H24O9/c40-17-2-1-10-5-16-26-32-22(10)27(17)28-18(41)3-4-20-30(28)36(32)31-21(48-20)9-13-15(39(46)47)8-12-14(38(44)45)6-11-7-19(42)29(37(16)43)33-23(11)24(12)25(13)34(31)35(26)33/h1-6,8-9,11-12,21-25,29,31,34,40-41H,7H2,(H,44,45)(H,46,47). The number of rotatable bonds is 2. The lowest BCUT2D eigenvalue weighted by Crippen LogP contribution is -2.63. The van der Waals surface area contributed by atoms with E-state index in [4.69, 9.17) is 4.74 Å². The number of ketones is 2. The summed E-state index contributed by atoms with van der Waals surface area (Å²) in [6, 6.07) is 3.25. The highest BCUT2D eigenvalue weighted by Crippen LogP contribution is 2.72. The smallest absolute Gasteiger partial charge is 0.335 e. The minimum Gasteiger partial charge on any atom is -0.508 e. The third-order valence-corrected chi connectivity index (χ3v) is 13.3. The number of ether oxygens (including phenoxy) is 1. The van der Waals surface area contributed by atoms with E-state index < -0.39 is 53.6 Å². The van der Waals surface area contributed by atoms with Crippen molar-refractivity contribution >= 4 is 34.7 Å². The van der Waals surface area contributed by atoms with Crippen LogP contribution < -0.4 is 15.2 Å². The summed E-state index contributed by atoms with van der Waals surface area (Å²) in [4.78, 5) is 54.6. The first-order chi connectivity index (χ1) is 23.2. The number of aliphatic hydroxyl groups excluding tert-OH is 1. The molecule has 9 nitrogen and oxygen atoms in total. The molecule has 12 rings (SSSR count). The van der Waals surface area contributed by atoms with Crippen LogP contribution in [0.4, 0.5) is 0 Å². The Morgan fingerprint density at radius 1 is 0.812 bits per heavy atom. The summed E-state index contributed by atoms with van der Waals surface area (Å²) in [5, 5.41) is 45.0. The Bertz CT molecular complexity index is 2470. The first-order valence-corrected chi connectivity index (χ1v) is 16.4. The predicted molar refractivity (Wildman–Crippen MR) is 165 cm³/mol. The number of carboxylic acid groups (broad SMARTS) is 2. The molecule has 234 valence electrons. The first-order valence-electron chi connectivity index (χ1n) is 16.4. The van der Waals surface area contributed by atoms with Gasteiger partial charge in [0.2, 0.25) is 0 Å². The van der Waals surface area contributed by atoms with E-state index in [2.05, 4.69) is 0 Å². The Balaban J connectivity index is 1.31. The molecule has 48 heavy (non-hydrogen) atoms. The van der Waals surface area contributed by atoms with Crippen molar-refractivity contribution in [3.63, 3.8) is 0 Å². The number of aliphatic carboxylic acids is 2. The Hall–Kier alpha value is -5.44. The molecule has 1 aliphatic heterocycles. The van der Waals surface area contributed by atoms with Gasteiger partial charge in [-0.15, -0.1) is 0 Å². The molecule has 0 spiro atoms. The van der Waals surface area contributed by atoms with Crippen molar-refractivity contribution in [3.05, 3.63) is 115 Å². The van der Waals surface area contributed by atoms with Crippen LogP contribution in [0.15, 0.2) is 105 Å². The molecule has 4 N–H and O–H groups in total. The van der Waals surface area contributed by atoms with Gasteiger partial charge < -0.3 is 25.2 Å². The van der Waals surface area contributed by atoms with E-state index in [1.165, 1.54) is 0 Å². The maximum absolute atomic E-state index is 14.7. The number of phenols is 1. The lowest BCUT2D eigenvalue weighted by Gasteiger charge is -2.64. The number of aromatic hydroxyl groups is 1. The van der Waals surface area contributed by atoms with E-state index in [0.717, 1.165) is 33.4 Å². The van der Waals surface area contributed by atoms with Gasteiger partial charge >= 0.3 is 11.9 Å². The van der Waals surface area contributed by atoms with E-state index in [1.807, 2.05) is 12.2 Å². The molecule has 0 bridgehead atoms. The largest absolute Gasteiger partial charge is 0.508 e. The molecule has 1 aromatic carbocycles. The number of Topliss-reactive ketones (excluding diaryl/α,β-unsaturated/α-hetero) is 2. The summed E-state index contributed by atoms with van der Waals surface area (Å²) in [5.74, 6) is -6.66. The fourth-order valence-electron chi connectivity index (χ4n) is 12.2. The lowest BCUT2D eigenvalue weighted by molar-refractivity contribution is -0.137. The SMILES string of the molecule is O=C(O)C1=CC2C(C(=O)O)=CC3CC(=O)C4C(=O)C5=CC6=CC=C(O)C7=c8c(O)ccc9c8=C8C(=C5C5=C4C3C2C2C1=CC(O9)C8C52)C67. The second kappa shape index (κ2) is 7.65. The number of hydrogen-bond donors (Lipinski definition) is 4. The fraction of sp³-hybridized carbons (Fsp3) is 0.282. The predicted octanol–water partition coefficient (Wildman–Crippen LogP) is 2.50. The van der Waals surface area contributed by atoms with E-state index in [-0.39, 0.29) is 58.4 Å². The highest BCUT2D eigenvalue weighted by Gasteiger charge is 2.68. The monoisotopic (exact) mass is 636 g/mol. The summed E-state index contributed by atoms with van der Waals surface area (Å²) in [5.41, 5.74) is 6.86. The number of hydrogen-bond acceptors (Lipinski definition) is 7. The third-order valence-electron chi connectivity index (χ3n) is 13.3. The number of allylic oxidation sites excluding steroid dienone is 12. The highest BCUT2D eigenvalue weighted by molar-refractivity contribution is 6.20. The van der Waals surface area contributed by atoms with Crippen LogP contribution in [0.25, 0.3) is 11.1 Å². The average Bonchev–Trinajstić information content (AvgIpc) is 3.06. The number of phenolic OH excluding ortho intramolecular Hbond substituents is 1. The summed E-state index contributed by atoms with van der Waals surface area (Å²) in [6.45, 7) is 0. The molecule has 10 unspecified atom stereocenters. The Kier molecular flexibility index (Phi) is 4.08. The van der Waals surface area contributed by atoms with Crippen molar-refractivity contribution in [3.8, 4) is 11.5 Å². The average molecular weight is 637 g/mol. The summed E-state index contributed by atoms with van der Waals surface area (Å²) in [7, 11) is 0. The maximum Gasteiger partial charge on any atom is 0.335 e. The van der Waals surface area contributed by atoms with Crippen LogP contribution in [0.3, 0.4) is 0 Å². The number of carbonyl (C=O) groups is 4. The van der Waals surface area contributed by atoms with Gasteiger partial charge in [0, 0.05) is 57.2 Å². The lowest BCUT2D eigenvalue weighted by atomic mass is 9.39. The minimum atomic E-state index is -1.14. The molecule has 1 heterocycles.